The number of nitrogens with one attached hydrogen (secondary N) is 1. The quantitative estimate of drug-likeness (QED) is 0.468. The van der Waals surface area contributed by atoms with Gasteiger partial charge in [-0.3, -0.25) is 9.59 Å². The average molecular weight is 481 g/mol. The summed E-state index contributed by atoms with van der Waals surface area (Å²) in [5.41, 5.74) is 4.46. The van der Waals surface area contributed by atoms with E-state index in [2.05, 4.69) is 37.4 Å². The summed E-state index contributed by atoms with van der Waals surface area (Å²) in [5, 5.41) is 3.74. The highest BCUT2D eigenvalue weighted by molar-refractivity contribution is 7.99. The lowest BCUT2D eigenvalue weighted by Gasteiger charge is -2.30. The molecule has 2 amide bonds. The molecule has 1 atom stereocenters. The van der Waals surface area contributed by atoms with E-state index in [1.807, 2.05) is 19.9 Å². The number of hydrogen-bond acceptors (Lipinski definition) is 3. The van der Waals surface area contributed by atoms with Crippen LogP contribution >= 0.6 is 35.0 Å². The maximum atomic E-state index is 13.2. The molecule has 0 aliphatic heterocycles. The first-order valence-electron chi connectivity index (χ1n) is 10.4. The molecule has 0 aliphatic carbocycles. The summed E-state index contributed by atoms with van der Waals surface area (Å²) < 4.78 is 0. The molecule has 168 valence electrons. The Morgan fingerprint density at radius 3 is 2.26 bits per heavy atom. The van der Waals surface area contributed by atoms with Crippen molar-refractivity contribution in [3.8, 4) is 0 Å². The van der Waals surface area contributed by atoms with Crippen LogP contribution in [-0.4, -0.2) is 35.1 Å². The van der Waals surface area contributed by atoms with Gasteiger partial charge in [0.05, 0.1) is 15.8 Å². The van der Waals surface area contributed by atoms with Crippen molar-refractivity contribution >= 4 is 46.8 Å². The minimum atomic E-state index is -0.538. The lowest BCUT2D eigenvalue weighted by atomic mass is 10.1. The Labute approximate surface area is 199 Å². The molecule has 2 aromatic carbocycles. The number of carbonyl (C=O) groups excluding carboxylic acids is 2. The predicted octanol–water partition coefficient (Wildman–Crippen LogP) is 5.79. The average Bonchev–Trinajstić information content (AvgIpc) is 2.70. The van der Waals surface area contributed by atoms with Crippen LogP contribution in [0.3, 0.4) is 0 Å². The van der Waals surface area contributed by atoms with Crippen molar-refractivity contribution in [2.75, 3.05) is 12.3 Å². The molecule has 4 nitrogen and oxygen atoms in total. The predicted molar refractivity (Wildman–Crippen MR) is 132 cm³/mol. The molecule has 2 rings (SSSR count). The molecule has 7 heteroatoms. The van der Waals surface area contributed by atoms with E-state index < -0.39 is 6.04 Å². The molecule has 0 aliphatic rings. The monoisotopic (exact) mass is 480 g/mol. The lowest BCUT2D eigenvalue weighted by Crippen LogP contribution is -2.49. The normalized spacial score (nSPS) is 11.8. The topological polar surface area (TPSA) is 49.4 Å². The lowest BCUT2D eigenvalue weighted by molar-refractivity contribution is -0.139. The summed E-state index contributed by atoms with van der Waals surface area (Å²) in [7, 11) is 0. The number of amides is 2. The Morgan fingerprint density at radius 2 is 1.68 bits per heavy atom. The highest BCUT2D eigenvalue weighted by Crippen LogP contribution is 2.25. The zero-order chi connectivity index (χ0) is 23.0. The van der Waals surface area contributed by atoms with Crippen molar-refractivity contribution in [2.24, 2.45) is 0 Å². The largest absolute Gasteiger partial charge is 0.355 e. The van der Waals surface area contributed by atoms with E-state index in [9.17, 15) is 9.59 Å². The number of likely N-dealkylation sites (N-methyl/N-ethyl adjacent to an activating group) is 1. The van der Waals surface area contributed by atoms with E-state index in [1.54, 1.807) is 28.8 Å². The van der Waals surface area contributed by atoms with Crippen molar-refractivity contribution in [2.45, 2.75) is 52.5 Å². The van der Waals surface area contributed by atoms with Crippen LogP contribution in [-0.2, 0) is 21.9 Å². The summed E-state index contributed by atoms with van der Waals surface area (Å²) in [6.45, 7) is 8.75. The third kappa shape index (κ3) is 7.74. The standard InChI is InChI=1S/C24H30Cl2N2O2S/c1-5-22(24(30)27-6-2)28(13-18-7-8-20(25)21(26)12-18)23(29)15-31-14-19-10-16(3)9-17(4)11-19/h7-12,22H,5-6,13-15H2,1-4H3,(H,27,30)/t22-/m1/s1. The number of nitrogens with zero attached hydrogens (tertiary/aromatic N) is 1. The van der Waals surface area contributed by atoms with E-state index in [0.717, 1.165) is 11.3 Å². The van der Waals surface area contributed by atoms with Crippen LogP contribution < -0.4 is 5.32 Å². The summed E-state index contributed by atoms with van der Waals surface area (Å²) >= 11 is 13.8. The van der Waals surface area contributed by atoms with Gasteiger partial charge in [-0.15, -0.1) is 11.8 Å². The fraction of sp³-hybridized carbons (Fsp3) is 0.417. The number of carbonyl (C=O) groups is 2. The Morgan fingerprint density at radius 1 is 1.00 bits per heavy atom. The SMILES string of the molecule is CCNC(=O)[C@@H](CC)N(Cc1ccc(Cl)c(Cl)c1)C(=O)CSCc1cc(C)cc(C)c1. The molecule has 0 saturated heterocycles. The van der Waals surface area contributed by atoms with Crippen molar-refractivity contribution < 1.29 is 9.59 Å². The molecule has 0 bridgehead atoms. The molecule has 1 N–H and O–H groups in total. The third-order valence-corrected chi connectivity index (χ3v) is 6.58. The highest BCUT2D eigenvalue weighted by atomic mass is 35.5. The van der Waals surface area contributed by atoms with Gasteiger partial charge in [-0.25, -0.2) is 0 Å². The first kappa shape index (κ1) is 25.6. The Balaban J connectivity index is 2.15. The Bertz CT molecular complexity index is 900. The molecule has 31 heavy (non-hydrogen) atoms. The smallest absolute Gasteiger partial charge is 0.242 e. The molecular weight excluding hydrogens is 451 g/mol. The second-order valence-corrected chi connectivity index (χ2v) is 9.38. The number of hydrogen-bond donors (Lipinski definition) is 1. The highest BCUT2D eigenvalue weighted by Gasteiger charge is 2.28. The van der Waals surface area contributed by atoms with Crippen molar-refractivity contribution in [1.82, 2.24) is 10.2 Å². The number of thioether (sulfide) groups is 1. The van der Waals surface area contributed by atoms with E-state index in [1.165, 1.54) is 16.7 Å². The van der Waals surface area contributed by atoms with Gasteiger partial charge < -0.3 is 10.2 Å². The van der Waals surface area contributed by atoms with Gasteiger partial charge in [0, 0.05) is 18.8 Å². The molecule has 0 unspecified atom stereocenters. The van der Waals surface area contributed by atoms with Crippen LogP contribution in [0.5, 0.6) is 0 Å². The zero-order valence-corrected chi connectivity index (χ0v) is 20.8. The van der Waals surface area contributed by atoms with E-state index in [0.29, 0.717) is 35.3 Å². The second kappa shape index (κ2) is 12.4. The fourth-order valence-corrected chi connectivity index (χ4v) is 4.70. The van der Waals surface area contributed by atoms with Gasteiger partial charge in [-0.05, 0) is 50.5 Å². The van der Waals surface area contributed by atoms with Crippen LogP contribution in [0.25, 0.3) is 0 Å². The van der Waals surface area contributed by atoms with Gasteiger partial charge in [0.15, 0.2) is 0 Å². The summed E-state index contributed by atoms with van der Waals surface area (Å²) in [4.78, 5) is 27.5. The Kier molecular flexibility index (Phi) is 10.2. The van der Waals surface area contributed by atoms with Gasteiger partial charge in [0.25, 0.3) is 0 Å². The molecule has 0 heterocycles. The van der Waals surface area contributed by atoms with Gasteiger partial charge in [0.1, 0.15) is 6.04 Å². The molecular formula is C24H30Cl2N2O2S. The molecule has 0 radical (unpaired) electrons. The van der Waals surface area contributed by atoms with Crippen molar-refractivity contribution in [3.63, 3.8) is 0 Å². The minimum absolute atomic E-state index is 0.0708. The first-order chi connectivity index (χ1) is 14.7. The summed E-state index contributed by atoms with van der Waals surface area (Å²) in [6, 6.07) is 11.2. The molecule has 0 spiro atoms. The maximum Gasteiger partial charge on any atom is 0.242 e. The fourth-order valence-electron chi connectivity index (χ4n) is 3.54. The zero-order valence-electron chi connectivity index (χ0n) is 18.5. The number of benzene rings is 2. The van der Waals surface area contributed by atoms with Crippen LogP contribution in [0, 0.1) is 13.8 Å². The van der Waals surface area contributed by atoms with Gasteiger partial charge in [0.2, 0.25) is 11.8 Å². The van der Waals surface area contributed by atoms with E-state index in [-0.39, 0.29) is 11.8 Å². The van der Waals surface area contributed by atoms with E-state index >= 15 is 0 Å². The third-order valence-electron chi connectivity index (χ3n) is 4.85. The second-order valence-electron chi connectivity index (χ2n) is 7.58. The molecule has 0 fully saturated rings. The number of halogens is 2. The van der Waals surface area contributed by atoms with Crippen molar-refractivity contribution in [3.05, 3.63) is 68.7 Å². The molecule has 2 aromatic rings. The summed E-state index contributed by atoms with van der Waals surface area (Å²) in [6.07, 6.45) is 0.528. The van der Waals surface area contributed by atoms with Gasteiger partial charge in [-0.1, -0.05) is 65.5 Å². The first-order valence-corrected chi connectivity index (χ1v) is 12.3. The van der Waals surface area contributed by atoms with Crippen LogP contribution in [0.4, 0.5) is 0 Å². The van der Waals surface area contributed by atoms with Gasteiger partial charge >= 0.3 is 0 Å². The maximum absolute atomic E-state index is 13.2. The number of rotatable bonds is 10. The van der Waals surface area contributed by atoms with E-state index in [4.69, 9.17) is 23.2 Å². The summed E-state index contributed by atoms with van der Waals surface area (Å²) in [5.74, 6) is 0.827. The Hall–Kier alpha value is -1.69. The van der Waals surface area contributed by atoms with Crippen molar-refractivity contribution in [1.29, 1.82) is 0 Å². The van der Waals surface area contributed by atoms with Gasteiger partial charge in [-0.2, -0.15) is 0 Å². The van der Waals surface area contributed by atoms with Crippen LogP contribution in [0.2, 0.25) is 10.0 Å². The van der Waals surface area contributed by atoms with Crippen LogP contribution in [0.1, 0.15) is 42.5 Å². The molecule has 0 saturated carbocycles. The minimum Gasteiger partial charge on any atom is -0.355 e. The molecule has 0 aromatic heterocycles. The number of aryl methyl sites for hydroxylation is 2. The van der Waals surface area contributed by atoms with Crippen LogP contribution in [0.15, 0.2) is 36.4 Å².